The third-order valence-corrected chi connectivity index (χ3v) is 2.77. The third kappa shape index (κ3) is 2.79. The van der Waals surface area contributed by atoms with E-state index in [4.69, 9.17) is 16.9 Å². The van der Waals surface area contributed by atoms with Crippen molar-refractivity contribution in [1.82, 2.24) is 5.32 Å². The van der Waals surface area contributed by atoms with Crippen molar-refractivity contribution in [3.8, 4) is 6.07 Å². The van der Waals surface area contributed by atoms with E-state index in [1.807, 2.05) is 12.1 Å². The molecule has 2 rings (SSSR count). The summed E-state index contributed by atoms with van der Waals surface area (Å²) in [7, 11) is 0. The number of rotatable bonds is 1. The summed E-state index contributed by atoms with van der Waals surface area (Å²) in [5.41, 5.74) is 1.65. The van der Waals surface area contributed by atoms with Crippen molar-refractivity contribution in [2.75, 3.05) is 31.1 Å². The minimum atomic E-state index is 0. The lowest BCUT2D eigenvalue weighted by molar-refractivity contribution is 0.589. The highest BCUT2D eigenvalue weighted by Crippen LogP contribution is 2.23. The van der Waals surface area contributed by atoms with E-state index in [2.05, 4.69) is 16.3 Å². The van der Waals surface area contributed by atoms with Crippen molar-refractivity contribution in [2.45, 2.75) is 0 Å². The number of hydrogen-bond donors (Lipinski definition) is 1. The topological polar surface area (TPSA) is 39.1 Å². The molecular formula is C11H13Cl2N3. The van der Waals surface area contributed by atoms with Crippen LogP contribution in [0.5, 0.6) is 0 Å². The minimum Gasteiger partial charge on any atom is -0.368 e. The lowest BCUT2D eigenvalue weighted by Crippen LogP contribution is -2.43. The first-order chi connectivity index (χ1) is 7.31. The third-order valence-electron chi connectivity index (χ3n) is 2.54. The molecule has 0 aromatic heterocycles. The zero-order valence-corrected chi connectivity index (χ0v) is 10.3. The number of nitrogens with one attached hydrogen (secondary N) is 1. The molecule has 0 aliphatic carbocycles. The minimum absolute atomic E-state index is 0. The number of anilines is 1. The van der Waals surface area contributed by atoms with Gasteiger partial charge in [0.1, 0.15) is 6.07 Å². The van der Waals surface area contributed by atoms with E-state index >= 15 is 0 Å². The second-order valence-corrected chi connectivity index (χ2v) is 3.95. The maximum absolute atomic E-state index is 9.02. The Bertz CT molecular complexity index is 395. The highest BCUT2D eigenvalue weighted by molar-refractivity contribution is 6.30. The van der Waals surface area contributed by atoms with E-state index in [1.54, 1.807) is 6.07 Å². The van der Waals surface area contributed by atoms with Crippen LogP contribution < -0.4 is 10.2 Å². The van der Waals surface area contributed by atoms with Crippen molar-refractivity contribution in [1.29, 1.82) is 5.26 Å². The van der Waals surface area contributed by atoms with Gasteiger partial charge in [0.15, 0.2) is 0 Å². The number of hydrogen-bond acceptors (Lipinski definition) is 3. The van der Waals surface area contributed by atoms with Gasteiger partial charge in [0, 0.05) is 31.2 Å². The Morgan fingerprint density at radius 2 is 2.00 bits per heavy atom. The Balaban J connectivity index is 0.00000128. The van der Waals surface area contributed by atoms with E-state index < -0.39 is 0 Å². The van der Waals surface area contributed by atoms with Gasteiger partial charge in [0.05, 0.1) is 11.3 Å². The standard InChI is InChI=1S/C11H12ClN3.ClH/c12-10-1-2-11(9(7-10)8-13)15-5-3-14-4-6-15;/h1-2,7,14H,3-6H2;1H. The number of halogens is 2. The van der Waals surface area contributed by atoms with E-state index in [1.165, 1.54) is 0 Å². The van der Waals surface area contributed by atoms with Gasteiger partial charge in [0.25, 0.3) is 0 Å². The SMILES string of the molecule is Cl.N#Cc1cc(Cl)ccc1N1CCNCC1. The lowest BCUT2D eigenvalue weighted by Gasteiger charge is -2.30. The average molecular weight is 258 g/mol. The predicted molar refractivity (Wildman–Crippen MR) is 68.5 cm³/mol. The molecule has 0 atom stereocenters. The number of benzene rings is 1. The molecule has 1 N–H and O–H groups in total. The largest absolute Gasteiger partial charge is 0.368 e. The van der Waals surface area contributed by atoms with E-state index in [0.717, 1.165) is 31.9 Å². The Kier molecular flexibility index (Phi) is 4.88. The summed E-state index contributed by atoms with van der Waals surface area (Å²) < 4.78 is 0. The highest BCUT2D eigenvalue weighted by Gasteiger charge is 2.13. The zero-order valence-electron chi connectivity index (χ0n) is 8.74. The zero-order chi connectivity index (χ0) is 10.7. The van der Waals surface area contributed by atoms with Crippen LogP contribution in [0.1, 0.15) is 5.56 Å². The molecule has 0 spiro atoms. The van der Waals surface area contributed by atoms with Crippen LogP contribution >= 0.6 is 24.0 Å². The Morgan fingerprint density at radius 1 is 1.31 bits per heavy atom. The van der Waals surface area contributed by atoms with Crippen LogP contribution in [-0.2, 0) is 0 Å². The molecule has 16 heavy (non-hydrogen) atoms. The van der Waals surface area contributed by atoms with Crippen LogP contribution in [0.4, 0.5) is 5.69 Å². The van der Waals surface area contributed by atoms with Gasteiger partial charge in [-0.25, -0.2) is 0 Å². The van der Waals surface area contributed by atoms with E-state index in [0.29, 0.717) is 10.6 Å². The fourth-order valence-corrected chi connectivity index (χ4v) is 1.95. The monoisotopic (exact) mass is 257 g/mol. The maximum Gasteiger partial charge on any atom is 0.101 e. The molecule has 1 saturated heterocycles. The molecule has 0 saturated carbocycles. The highest BCUT2D eigenvalue weighted by atomic mass is 35.5. The van der Waals surface area contributed by atoms with Gasteiger partial charge >= 0.3 is 0 Å². The van der Waals surface area contributed by atoms with E-state index in [-0.39, 0.29) is 12.4 Å². The van der Waals surface area contributed by atoms with Gasteiger partial charge in [-0.05, 0) is 18.2 Å². The predicted octanol–water partition coefficient (Wildman–Crippen LogP) is 2.04. The van der Waals surface area contributed by atoms with Crippen molar-refractivity contribution >= 4 is 29.7 Å². The Labute approximate surface area is 106 Å². The van der Waals surface area contributed by atoms with Gasteiger partial charge in [0.2, 0.25) is 0 Å². The summed E-state index contributed by atoms with van der Waals surface area (Å²) in [6.45, 7) is 3.81. The summed E-state index contributed by atoms with van der Waals surface area (Å²) in [6, 6.07) is 7.66. The number of nitrogens with zero attached hydrogens (tertiary/aromatic N) is 2. The number of piperazine rings is 1. The van der Waals surface area contributed by atoms with Crippen LogP contribution in [0.2, 0.25) is 5.02 Å². The first kappa shape index (κ1) is 13.1. The van der Waals surface area contributed by atoms with Crippen LogP contribution in [0.3, 0.4) is 0 Å². The average Bonchev–Trinajstić information content (AvgIpc) is 2.30. The Hall–Kier alpha value is -0.950. The van der Waals surface area contributed by atoms with Crippen molar-refractivity contribution < 1.29 is 0 Å². The summed E-state index contributed by atoms with van der Waals surface area (Å²) in [4.78, 5) is 2.21. The van der Waals surface area contributed by atoms with Crippen molar-refractivity contribution in [2.24, 2.45) is 0 Å². The molecule has 0 radical (unpaired) electrons. The van der Waals surface area contributed by atoms with Crippen LogP contribution in [0.15, 0.2) is 18.2 Å². The van der Waals surface area contributed by atoms with Gasteiger partial charge in [-0.2, -0.15) is 5.26 Å². The van der Waals surface area contributed by atoms with Crippen molar-refractivity contribution in [3.05, 3.63) is 28.8 Å². The molecule has 0 bridgehead atoms. The molecule has 1 heterocycles. The molecule has 1 aromatic carbocycles. The van der Waals surface area contributed by atoms with Gasteiger partial charge in [-0.15, -0.1) is 12.4 Å². The molecule has 1 aliphatic heterocycles. The molecule has 1 aliphatic rings. The smallest absolute Gasteiger partial charge is 0.101 e. The fourth-order valence-electron chi connectivity index (χ4n) is 1.78. The van der Waals surface area contributed by atoms with Crippen LogP contribution in [0.25, 0.3) is 0 Å². The molecule has 3 nitrogen and oxygen atoms in total. The first-order valence-corrected chi connectivity index (χ1v) is 5.34. The second-order valence-electron chi connectivity index (χ2n) is 3.51. The number of nitriles is 1. The normalized spacial score (nSPS) is 15.1. The Morgan fingerprint density at radius 3 is 2.62 bits per heavy atom. The maximum atomic E-state index is 9.02. The quantitative estimate of drug-likeness (QED) is 0.837. The first-order valence-electron chi connectivity index (χ1n) is 4.96. The van der Waals surface area contributed by atoms with Gasteiger partial charge < -0.3 is 10.2 Å². The summed E-state index contributed by atoms with van der Waals surface area (Å²) in [6.07, 6.45) is 0. The van der Waals surface area contributed by atoms with Crippen molar-refractivity contribution in [3.63, 3.8) is 0 Å². The van der Waals surface area contributed by atoms with Gasteiger partial charge in [-0.3, -0.25) is 0 Å². The summed E-state index contributed by atoms with van der Waals surface area (Å²) >= 11 is 5.85. The molecule has 1 fully saturated rings. The van der Waals surface area contributed by atoms with Gasteiger partial charge in [-0.1, -0.05) is 11.6 Å². The summed E-state index contributed by atoms with van der Waals surface area (Å²) in [5.74, 6) is 0. The molecule has 0 unspecified atom stereocenters. The second kappa shape index (κ2) is 5.95. The molecule has 5 heteroatoms. The van der Waals surface area contributed by atoms with Crippen LogP contribution in [-0.4, -0.2) is 26.2 Å². The molecule has 86 valence electrons. The summed E-state index contributed by atoms with van der Waals surface area (Å²) in [5, 5.41) is 12.9. The molecular weight excluding hydrogens is 245 g/mol. The lowest BCUT2D eigenvalue weighted by atomic mass is 10.1. The fraction of sp³-hybridized carbons (Fsp3) is 0.364. The van der Waals surface area contributed by atoms with Crippen LogP contribution in [0, 0.1) is 11.3 Å². The molecule has 1 aromatic rings. The molecule has 0 amide bonds. The van der Waals surface area contributed by atoms with E-state index in [9.17, 15) is 0 Å².